The van der Waals surface area contributed by atoms with Crippen molar-refractivity contribution >= 4 is 17.5 Å². The molecule has 0 aliphatic rings. The monoisotopic (exact) mass is 312 g/mol. The van der Waals surface area contributed by atoms with E-state index in [1.54, 1.807) is 20.8 Å². The first-order valence-electron chi connectivity index (χ1n) is 7.35. The van der Waals surface area contributed by atoms with Gasteiger partial charge in [0.05, 0.1) is 12.3 Å². The number of halogens is 1. The molecule has 1 amide bonds. The second kappa shape index (κ2) is 7.98. The molecular formula is C16H25FN2O3. The average Bonchev–Trinajstić information content (AvgIpc) is 2.38. The number of benzene rings is 1. The van der Waals surface area contributed by atoms with Crippen LogP contribution in [0.5, 0.6) is 0 Å². The minimum absolute atomic E-state index is 0.0498. The lowest BCUT2D eigenvalue weighted by atomic mass is 10.2. The van der Waals surface area contributed by atoms with Gasteiger partial charge in [0.25, 0.3) is 0 Å². The standard InChI is InChI=1S/C16H25FN2O3/c1-6-21-10-11(2)18-14-9-12(7-8-13(14)17)19-15(20)22-16(3,4)5/h7-9,11,18H,6,10H2,1-5H3,(H,19,20). The molecule has 0 saturated carbocycles. The fraction of sp³-hybridized carbons (Fsp3) is 0.562. The Labute approximate surface area is 131 Å². The van der Waals surface area contributed by atoms with Crippen molar-refractivity contribution in [2.24, 2.45) is 0 Å². The summed E-state index contributed by atoms with van der Waals surface area (Å²) in [6.07, 6.45) is -0.576. The molecule has 0 heterocycles. The molecule has 124 valence electrons. The number of rotatable bonds is 6. The first-order chi connectivity index (χ1) is 10.2. The molecule has 0 fully saturated rings. The van der Waals surface area contributed by atoms with Crippen LogP contribution in [0.1, 0.15) is 34.6 Å². The van der Waals surface area contributed by atoms with Gasteiger partial charge in [-0.1, -0.05) is 0 Å². The normalized spacial score (nSPS) is 12.6. The quantitative estimate of drug-likeness (QED) is 0.833. The van der Waals surface area contributed by atoms with E-state index in [1.165, 1.54) is 18.2 Å². The van der Waals surface area contributed by atoms with Crippen LogP contribution in [0.3, 0.4) is 0 Å². The van der Waals surface area contributed by atoms with E-state index in [0.29, 0.717) is 24.6 Å². The van der Waals surface area contributed by atoms with Gasteiger partial charge in [-0.3, -0.25) is 5.32 Å². The number of hydrogen-bond donors (Lipinski definition) is 2. The number of nitrogens with one attached hydrogen (secondary N) is 2. The Kier molecular flexibility index (Phi) is 6.61. The van der Waals surface area contributed by atoms with Gasteiger partial charge in [-0.2, -0.15) is 0 Å². The molecule has 0 aliphatic carbocycles. The average molecular weight is 312 g/mol. The van der Waals surface area contributed by atoms with Crippen LogP contribution in [0.25, 0.3) is 0 Å². The Morgan fingerprint density at radius 3 is 2.64 bits per heavy atom. The van der Waals surface area contributed by atoms with Gasteiger partial charge in [0.15, 0.2) is 0 Å². The van der Waals surface area contributed by atoms with E-state index in [2.05, 4.69) is 10.6 Å². The molecule has 22 heavy (non-hydrogen) atoms. The summed E-state index contributed by atoms with van der Waals surface area (Å²) >= 11 is 0. The molecular weight excluding hydrogens is 287 g/mol. The lowest BCUT2D eigenvalue weighted by Gasteiger charge is -2.20. The summed E-state index contributed by atoms with van der Waals surface area (Å²) in [5.74, 6) is -0.391. The summed E-state index contributed by atoms with van der Waals surface area (Å²) < 4.78 is 24.3. The van der Waals surface area contributed by atoms with E-state index in [9.17, 15) is 9.18 Å². The zero-order valence-electron chi connectivity index (χ0n) is 13.8. The Morgan fingerprint density at radius 1 is 1.36 bits per heavy atom. The predicted molar refractivity (Wildman–Crippen MR) is 85.8 cm³/mol. The maximum Gasteiger partial charge on any atom is 0.412 e. The van der Waals surface area contributed by atoms with Crippen LogP contribution in [-0.2, 0) is 9.47 Å². The number of hydrogen-bond acceptors (Lipinski definition) is 4. The topological polar surface area (TPSA) is 59.6 Å². The highest BCUT2D eigenvalue weighted by atomic mass is 19.1. The number of carbonyl (C=O) groups is 1. The van der Waals surface area contributed by atoms with Gasteiger partial charge in [0.1, 0.15) is 11.4 Å². The fourth-order valence-corrected chi connectivity index (χ4v) is 1.74. The summed E-state index contributed by atoms with van der Waals surface area (Å²) in [6, 6.07) is 4.26. The highest BCUT2D eigenvalue weighted by molar-refractivity contribution is 5.85. The number of ether oxygens (including phenoxy) is 2. The number of anilines is 2. The zero-order valence-corrected chi connectivity index (χ0v) is 13.8. The molecule has 5 nitrogen and oxygen atoms in total. The number of carbonyl (C=O) groups excluding carboxylic acids is 1. The van der Waals surface area contributed by atoms with E-state index in [0.717, 1.165) is 0 Å². The SMILES string of the molecule is CCOCC(C)Nc1cc(NC(=O)OC(C)(C)C)ccc1F. The van der Waals surface area contributed by atoms with Gasteiger partial charge in [-0.25, -0.2) is 9.18 Å². The molecule has 1 unspecified atom stereocenters. The van der Waals surface area contributed by atoms with Gasteiger partial charge in [-0.15, -0.1) is 0 Å². The summed E-state index contributed by atoms with van der Waals surface area (Å²) in [5.41, 5.74) is 0.180. The molecule has 0 bridgehead atoms. The highest BCUT2D eigenvalue weighted by Gasteiger charge is 2.16. The summed E-state index contributed by atoms with van der Waals surface area (Å²) in [4.78, 5) is 11.7. The Bertz CT molecular complexity index is 501. The van der Waals surface area contributed by atoms with Crippen molar-refractivity contribution in [1.29, 1.82) is 0 Å². The van der Waals surface area contributed by atoms with E-state index >= 15 is 0 Å². The van der Waals surface area contributed by atoms with Gasteiger partial charge in [0.2, 0.25) is 0 Å². The first-order valence-corrected chi connectivity index (χ1v) is 7.35. The van der Waals surface area contributed by atoms with Crippen molar-refractivity contribution in [1.82, 2.24) is 0 Å². The van der Waals surface area contributed by atoms with Gasteiger partial charge in [0, 0.05) is 18.3 Å². The van der Waals surface area contributed by atoms with Crippen molar-refractivity contribution in [2.75, 3.05) is 23.8 Å². The largest absolute Gasteiger partial charge is 0.444 e. The van der Waals surface area contributed by atoms with E-state index < -0.39 is 17.5 Å². The third kappa shape index (κ3) is 6.76. The number of amides is 1. The van der Waals surface area contributed by atoms with Crippen LogP contribution < -0.4 is 10.6 Å². The Hall–Kier alpha value is -1.82. The molecule has 2 N–H and O–H groups in total. The Morgan fingerprint density at radius 2 is 2.05 bits per heavy atom. The minimum atomic E-state index is -0.586. The van der Waals surface area contributed by atoms with Gasteiger partial charge >= 0.3 is 6.09 Å². The van der Waals surface area contributed by atoms with Crippen molar-refractivity contribution in [3.05, 3.63) is 24.0 Å². The van der Waals surface area contributed by atoms with Crippen LogP contribution in [0.2, 0.25) is 0 Å². The zero-order chi connectivity index (χ0) is 16.8. The van der Waals surface area contributed by atoms with Gasteiger partial charge in [-0.05, 0) is 52.8 Å². The summed E-state index contributed by atoms with van der Waals surface area (Å²) in [7, 11) is 0. The maximum absolute atomic E-state index is 13.8. The molecule has 0 aromatic heterocycles. The van der Waals surface area contributed by atoms with E-state index in [1.807, 2.05) is 13.8 Å². The minimum Gasteiger partial charge on any atom is -0.444 e. The smallest absolute Gasteiger partial charge is 0.412 e. The lowest BCUT2D eigenvalue weighted by Crippen LogP contribution is -2.27. The second-order valence-corrected chi connectivity index (χ2v) is 6.03. The molecule has 0 spiro atoms. The molecule has 1 aromatic rings. The molecule has 0 radical (unpaired) electrons. The molecule has 0 aliphatic heterocycles. The van der Waals surface area contributed by atoms with Crippen molar-refractivity contribution in [3.8, 4) is 0 Å². The van der Waals surface area contributed by atoms with Crippen LogP contribution >= 0.6 is 0 Å². The van der Waals surface area contributed by atoms with Crippen LogP contribution in [0.4, 0.5) is 20.6 Å². The third-order valence-corrected chi connectivity index (χ3v) is 2.59. The van der Waals surface area contributed by atoms with E-state index in [4.69, 9.17) is 9.47 Å². The van der Waals surface area contributed by atoms with Gasteiger partial charge < -0.3 is 14.8 Å². The Balaban J connectivity index is 2.71. The predicted octanol–water partition coefficient (Wildman–Crippen LogP) is 4.01. The van der Waals surface area contributed by atoms with Crippen LogP contribution in [0, 0.1) is 5.82 Å². The van der Waals surface area contributed by atoms with Crippen molar-refractivity contribution in [2.45, 2.75) is 46.3 Å². The summed E-state index contributed by atoms with van der Waals surface area (Å²) in [5, 5.41) is 5.60. The maximum atomic E-state index is 13.8. The highest BCUT2D eigenvalue weighted by Crippen LogP contribution is 2.21. The fourth-order valence-electron chi connectivity index (χ4n) is 1.74. The van der Waals surface area contributed by atoms with Crippen molar-refractivity contribution in [3.63, 3.8) is 0 Å². The first kappa shape index (κ1) is 18.2. The third-order valence-electron chi connectivity index (χ3n) is 2.59. The summed E-state index contributed by atoms with van der Waals surface area (Å²) in [6.45, 7) is 10.2. The van der Waals surface area contributed by atoms with E-state index in [-0.39, 0.29) is 6.04 Å². The molecule has 6 heteroatoms. The molecule has 1 rings (SSSR count). The lowest BCUT2D eigenvalue weighted by molar-refractivity contribution is 0.0636. The van der Waals surface area contributed by atoms with Crippen LogP contribution in [0.15, 0.2) is 18.2 Å². The molecule has 1 aromatic carbocycles. The second-order valence-electron chi connectivity index (χ2n) is 6.03. The molecule has 1 atom stereocenters. The van der Waals surface area contributed by atoms with Crippen molar-refractivity contribution < 1.29 is 18.7 Å². The molecule has 0 saturated heterocycles. The van der Waals surface area contributed by atoms with Crippen LogP contribution in [-0.4, -0.2) is 30.9 Å².